The molecule has 1 heterocycles. The van der Waals surface area contributed by atoms with Crippen LogP contribution in [-0.4, -0.2) is 19.6 Å². The molecule has 5 nitrogen and oxygen atoms in total. The van der Waals surface area contributed by atoms with Crippen molar-refractivity contribution in [2.24, 2.45) is 7.05 Å². The van der Waals surface area contributed by atoms with Gasteiger partial charge >= 0.3 is 0 Å². The van der Waals surface area contributed by atoms with Crippen LogP contribution in [0.1, 0.15) is 18.9 Å². The van der Waals surface area contributed by atoms with Crippen molar-refractivity contribution in [3.63, 3.8) is 0 Å². The third-order valence-corrected chi connectivity index (χ3v) is 3.08. The molecule has 18 heavy (non-hydrogen) atoms. The number of benzene rings is 1. The highest BCUT2D eigenvalue weighted by molar-refractivity contribution is 7.47. The van der Waals surface area contributed by atoms with Gasteiger partial charge in [-0.25, -0.2) is 4.98 Å². The van der Waals surface area contributed by atoms with Gasteiger partial charge < -0.3 is 14.6 Å². The van der Waals surface area contributed by atoms with Crippen LogP contribution >= 0.6 is 8.03 Å². The summed E-state index contributed by atoms with van der Waals surface area (Å²) in [5, 5.41) is 9.53. The van der Waals surface area contributed by atoms with E-state index in [9.17, 15) is 4.57 Å². The standard InChI is InChI=1S/C6H10N2O.C6H7O2P/c1-5(9)6-7-3-4-8(6)2;7-9(8)6-4-2-1-3-5-6/h3-5,9H,1-2H3;1-5,9H,(H,7,8). The molecule has 2 atom stereocenters. The number of aliphatic hydroxyl groups excluding tert-OH is 1. The first-order valence-electron chi connectivity index (χ1n) is 5.46. The molecule has 1 aromatic carbocycles. The highest BCUT2D eigenvalue weighted by Gasteiger charge is 2.03. The molecule has 0 fully saturated rings. The lowest BCUT2D eigenvalue weighted by Gasteiger charge is -2.01. The summed E-state index contributed by atoms with van der Waals surface area (Å²) in [5.74, 6) is 0.704. The molecule has 1 aromatic heterocycles. The van der Waals surface area contributed by atoms with Crippen LogP contribution in [0.3, 0.4) is 0 Å². The van der Waals surface area contributed by atoms with E-state index in [2.05, 4.69) is 4.98 Å². The second-order valence-electron chi connectivity index (χ2n) is 3.74. The molecule has 2 N–H and O–H groups in total. The van der Waals surface area contributed by atoms with Crippen molar-refractivity contribution in [1.29, 1.82) is 0 Å². The molecule has 98 valence electrons. The lowest BCUT2D eigenvalue weighted by Crippen LogP contribution is -2.00. The van der Waals surface area contributed by atoms with Crippen LogP contribution in [0.25, 0.3) is 0 Å². The predicted octanol–water partition coefficient (Wildman–Crippen LogP) is 1.25. The van der Waals surface area contributed by atoms with Crippen LogP contribution in [0, 0.1) is 0 Å². The van der Waals surface area contributed by atoms with E-state index < -0.39 is 14.1 Å². The normalized spacial score (nSPS) is 13.3. The highest BCUT2D eigenvalue weighted by Crippen LogP contribution is 2.10. The topological polar surface area (TPSA) is 75.4 Å². The van der Waals surface area contributed by atoms with Crippen LogP contribution in [0.4, 0.5) is 0 Å². The number of rotatable bonds is 2. The Balaban J connectivity index is 0.000000180. The van der Waals surface area contributed by atoms with E-state index in [1.807, 2.05) is 19.3 Å². The Morgan fingerprint density at radius 2 is 1.94 bits per heavy atom. The minimum Gasteiger partial charge on any atom is -0.385 e. The number of aliphatic hydroxyl groups is 1. The molecule has 0 saturated carbocycles. The van der Waals surface area contributed by atoms with Crippen molar-refractivity contribution >= 4 is 13.3 Å². The first kappa shape index (κ1) is 14.6. The summed E-state index contributed by atoms with van der Waals surface area (Å²) >= 11 is 0. The Morgan fingerprint density at radius 1 is 1.33 bits per heavy atom. The number of aryl methyl sites for hydroxylation is 1. The molecule has 0 aliphatic rings. The Kier molecular flexibility index (Phi) is 5.78. The third kappa shape index (κ3) is 4.45. The Hall–Kier alpha value is -1.42. The largest absolute Gasteiger partial charge is 0.385 e. The van der Waals surface area contributed by atoms with Gasteiger partial charge in [-0.15, -0.1) is 0 Å². The molecular weight excluding hydrogens is 251 g/mol. The van der Waals surface area contributed by atoms with Crippen molar-refractivity contribution in [1.82, 2.24) is 9.55 Å². The summed E-state index contributed by atoms with van der Waals surface area (Å²) in [6.45, 7) is 1.70. The van der Waals surface area contributed by atoms with Gasteiger partial charge in [0.2, 0.25) is 8.03 Å². The predicted molar refractivity (Wildman–Crippen MR) is 71.1 cm³/mol. The van der Waals surface area contributed by atoms with Crippen molar-refractivity contribution in [2.75, 3.05) is 0 Å². The van der Waals surface area contributed by atoms with Crippen LogP contribution in [-0.2, 0) is 11.6 Å². The van der Waals surface area contributed by atoms with Gasteiger partial charge in [0.05, 0.1) is 0 Å². The maximum Gasteiger partial charge on any atom is 0.218 e. The molecule has 0 saturated heterocycles. The number of hydrogen-bond acceptors (Lipinski definition) is 3. The number of nitrogens with zero attached hydrogens (tertiary/aromatic N) is 2. The highest BCUT2D eigenvalue weighted by atomic mass is 31.1. The molecule has 6 heteroatoms. The van der Waals surface area contributed by atoms with E-state index in [1.54, 1.807) is 42.0 Å². The van der Waals surface area contributed by atoms with Gasteiger partial charge in [-0.2, -0.15) is 0 Å². The number of aromatic nitrogens is 2. The van der Waals surface area contributed by atoms with Gasteiger partial charge in [0.25, 0.3) is 0 Å². The lowest BCUT2D eigenvalue weighted by molar-refractivity contribution is 0.185. The van der Waals surface area contributed by atoms with Crippen molar-refractivity contribution in [2.45, 2.75) is 13.0 Å². The molecule has 2 rings (SSSR count). The average Bonchev–Trinajstić information content (AvgIpc) is 2.77. The molecule has 0 spiro atoms. The fourth-order valence-corrected chi connectivity index (χ4v) is 1.84. The van der Waals surface area contributed by atoms with Crippen LogP contribution in [0.15, 0.2) is 42.7 Å². The van der Waals surface area contributed by atoms with Gasteiger partial charge in [-0.05, 0) is 19.1 Å². The van der Waals surface area contributed by atoms with E-state index in [1.165, 1.54) is 0 Å². The first-order chi connectivity index (χ1) is 8.52. The zero-order valence-corrected chi connectivity index (χ0v) is 11.3. The summed E-state index contributed by atoms with van der Waals surface area (Å²) in [5.41, 5.74) is 0. The smallest absolute Gasteiger partial charge is 0.218 e. The zero-order valence-electron chi connectivity index (χ0n) is 10.3. The lowest BCUT2D eigenvalue weighted by atomic mass is 10.4. The van der Waals surface area contributed by atoms with Crippen molar-refractivity contribution in [3.05, 3.63) is 48.5 Å². The quantitative estimate of drug-likeness (QED) is 0.804. The van der Waals surface area contributed by atoms with Crippen LogP contribution in [0.2, 0.25) is 0 Å². The van der Waals surface area contributed by atoms with E-state index >= 15 is 0 Å². The fraction of sp³-hybridized carbons (Fsp3) is 0.250. The number of hydrogen-bond donors (Lipinski definition) is 2. The molecule has 0 radical (unpaired) electrons. The van der Waals surface area contributed by atoms with E-state index in [0.29, 0.717) is 11.1 Å². The third-order valence-electron chi connectivity index (χ3n) is 2.25. The SMILES string of the molecule is CC(O)c1nccn1C.O=[PH](O)c1ccccc1. The van der Waals surface area contributed by atoms with Crippen LogP contribution < -0.4 is 5.30 Å². The molecule has 0 aliphatic carbocycles. The summed E-state index contributed by atoms with van der Waals surface area (Å²) in [7, 11) is -0.606. The second kappa shape index (κ2) is 7.11. The minimum atomic E-state index is -2.46. The molecule has 0 aliphatic heterocycles. The van der Waals surface area contributed by atoms with Crippen LogP contribution in [0.5, 0.6) is 0 Å². The summed E-state index contributed by atoms with van der Waals surface area (Å²) in [4.78, 5) is 12.5. The van der Waals surface area contributed by atoms with Gasteiger partial charge in [-0.3, -0.25) is 4.57 Å². The summed E-state index contributed by atoms with van der Waals surface area (Å²) in [6, 6.07) is 8.58. The Labute approximate surface area is 107 Å². The summed E-state index contributed by atoms with van der Waals surface area (Å²) in [6.07, 6.45) is 3.01. The first-order valence-corrected chi connectivity index (χ1v) is 6.81. The van der Waals surface area contributed by atoms with E-state index in [0.717, 1.165) is 0 Å². The van der Waals surface area contributed by atoms with Gasteiger partial charge in [-0.1, -0.05) is 18.2 Å². The van der Waals surface area contributed by atoms with E-state index in [4.69, 9.17) is 10.00 Å². The average molecular weight is 268 g/mol. The second-order valence-corrected chi connectivity index (χ2v) is 4.93. The minimum absolute atomic E-state index is 0.468. The summed E-state index contributed by atoms with van der Waals surface area (Å²) < 4.78 is 12.2. The maximum absolute atomic E-state index is 10.4. The molecule has 2 aromatic rings. The maximum atomic E-state index is 10.4. The van der Waals surface area contributed by atoms with Gasteiger partial charge in [0.15, 0.2) is 0 Å². The van der Waals surface area contributed by atoms with E-state index in [-0.39, 0.29) is 0 Å². The fourth-order valence-electron chi connectivity index (χ4n) is 1.36. The Morgan fingerprint density at radius 3 is 2.22 bits per heavy atom. The molecule has 0 amide bonds. The number of imidazole rings is 1. The monoisotopic (exact) mass is 268 g/mol. The van der Waals surface area contributed by atoms with Gasteiger partial charge in [0.1, 0.15) is 11.9 Å². The molecule has 2 unspecified atom stereocenters. The van der Waals surface area contributed by atoms with Gasteiger partial charge in [0, 0.05) is 24.7 Å². The van der Waals surface area contributed by atoms with Crippen molar-refractivity contribution in [3.8, 4) is 0 Å². The zero-order chi connectivity index (χ0) is 13.5. The molecular formula is C12H17N2O3P. The van der Waals surface area contributed by atoms with Crippen molar-refractivity contribution < 1.29 is 14.6 Å². The molecule has 0 bridgehead atoms. The Bertz CT molecular complexity index is 497.